The van der Waals surface area contributed by atoms with Crippen LogP contribution in [0.25, 0.3) is 0 Å². The minimum absolute atomic E-state index is 0.240. The molecule has 0 radical (unpaired) electrons. The Morgan fingerprint density at radius 1 is 1.16 bits per heavy atom. The molecule has 0 bridgehead atoms. The van der Waals surface area contributed by atoms with Crippen LogP contribution in [-0.2, 0) is 11.3 Å². The van der Waals surface area contributed by atoms with Gasteiger partial charge in [0.2, 0.25) is 5.91 Å². The Balaban J connectivity index is 1.54. The number of carbonyl (C=O) groups is 1. The van der Waals surface area contributed by atoms with Crippen LogP contribution in [0.4, 0.5) is 0 Å². The van der Waals surface area contributed by atoms with Gasteiger partial charge >= 0.3 is 0 Å². The second kappa shape index (κ2) is 8.56. The second-order valence-electron chi connectivity index (χ2n) is 7.12. The molecule has 0 spiro atoms. The summed E-state index contributed by atoms with van der Waals surface area (Å²) in [6, 6.07) is 6.24. The van der Waals surface area contributed by atoms with Gasteiger partial charge < -0.3 is 19.7 Å². The Kier molecular flexibility index (Phi) is 6.19. The molecule has 2 atom stereocenters. The lowest BCUT2D eigenvalue weighted by atomic mass is 9.78. The first-order valence-corrected chi connectivity index (χ1v) is 9.44. The fourth-order valence-electron chi connectivity index (χ4n) is 4.34. The van der Waals surface area contributed by atoms with Gasteiger partial charge in [0.25, 0.3) is 0 Å². The van der Waals surface area contributed by atoms with Crippen molar-refractivity contribution in [3.8, 4) is 11.5 Å². The normalized spacial score (nSPS) is 23.0. The van der Waals surface area contributed by atoms with Crippen molar-refractivity contribution in [3.05, 3.63) is 23.8 Å². The van der Waals surface area contributed by atoms with Crippen molar-refractivity contribution in [2.24, 2.45) is 5.92 Å². The Hall–Kier alpha value is -1.75. The van der Waals surface area contributed by atoms with Gasteiger partial charge in [-0.05, 0) is 37.7 Å². The monoisotopic (exact) mass is 346 g/mol. The Bertz CT molecular complexity index is 588. The average molecular weight is 346 g/mol. The van der Waals surface area contributed by atoms with E-state index >= 15 is 0 Å². The largest absolute Gasteiger partial charge is 0.497 e. The molecule has 1 aliphatic carbocycles. The zero-order chi connectivity index (χ0) is 17.6. The van der Waals surface area contributed by atoms with E-state index in [0.29, 0.717) is 19.1 Å². The number of ether oxygens (including phenoxy) is 2. The van der Waals surface area contributed by atoms with E-state index in [4.69, 9.17) is 9.47 Å². The molecule has 3 rings (SSSR count). The highest BCUT2D eigenvalue weighted by molar-refractivity contribution is 5.78. The number of methoxy groups -OCH3 is 2. The van der Waals surface area contributed by atoms with Crippen molar-refractivity contribution in [3.63, 3.8) is 0 Å². The Morgan fingerprint density at radius 2 is 1.96 bits per heavy atom. The summed E-state index contributed by atoms with van der Waals surface area (Å²) in [5, 5.41) is 3.29. The predicted octanol–water partition coefficient (Wildman–Crippen LogP) is 2.97. The van der Waals surface area contributed by atoms with E-state index in [-0.39, 0.29) is 5.91 Å². The third kappa shape index (κ3) is 4.27. The van der Waals surface area contributed by atoms with Crippen LogP contribution in [0.5, 0.6) is 11.5 Å². The van der Waals surface area contributed by atoms with Crippen molar-refractivity contribution in [2.45, 2.75) is 51.1 Å². The number of benzene rings is 1. The van der Waals surface area contributed by atoms with Crippen LogP contribution in [-0.4, -0.2) is 44.2 Å². The fraction of sp³-hybridized carbons (Fsp3) is 0.650. The lowest BCUT2D eigenvalue weighted by Crippen LogP contribution is -2.51. The van der Waals surface area contributed by atoms with Crippen LogP contribution < -0.4 is 14.8 Å². The quantitative estimate of drug-likeness (QED) is 0.860. The van der Waals surface area contributed by atoms with Crippen molar-refractivity contribution in [2.75, 3.05) is 27.3 Å². The van der Waals surface area contributed by atoms with Crippen LogP contribution in [0.3, 0.4) is 0 Å². The molecule has 1 unspecified atom stereocenters. The topological polar surface area (TPSA) is 50.8 Å². The lowest BCUT2D eigenvalue weighted by molar-refractivity contribution is -0.136. The van der Waals surface area contributed by atoms with E-state index in [9.17, 15) is 4.79 Å². The van der Waals surface area contributed by atoms with E-state index in [2.05, 4.69) is 10.2 Å². The van der Waals surface area contributed by atoms with E-state index < -0.39 is 0 Å². The van der Waals surface area contributed by atoms with Gasteiger partial charge in [-0.1, -0.05) is 18.9 Å². The van der Waals surface area contributed by atoms with Crippen molar-refractivity contribution >= 4 is 5.91 Å². The van der Waals surface area contributed by atoms with Crippen LogP contribution in [0.1, 0.15) is 44.1 Å². The number of nitrogens with zero attached hydrogens (tertiary/aromatic N) is 1. The summed E-state index contributed by atoms with van der Waals surface area (Å²) in [7, 11) is 3.29. The maximum absolute atomic E-state index is 12.7. The maximum atomic E-state index is 12.7. The summed E-state index contributed by atoms with van der Waals surface area (Å²) >= 11 is 0. The second-order valence-corrected chi connectivity index (χ2v) is 7.12. The van der Waals surface area contributed by atoms with E-state index in [1.807, 2.05) is 18.2 Å². The van der Waals surface area contributed by atoms with E-state index in [1.165, 1.54) is 32.1 Å². The highest BCUT2D eigenvalue weighted by Gasteiger charge is 2.35. The number of nitrogens with one attached hydrogen (secondary N) is 1. The molecule has 1 aromatic carbocycles. The molecule has 5 heteroatoms. The van der Waals surface area contributed by atoms with Gasteiger partial charge in [-0.25, -0.2) is 0 Å². The fourth-order valence-corrected chi connectivity index (χ4v) is 4.34. The molecule has 1 amide bonds. The first-order chi connectivity index (χ1) is 12.2. The summed E-state index contributed by atoms with van der Waals surface area (Å²) in [5.41, 5.74) is 1.03. The number of likely N-dealkylation sites (tertiary alicyclic amines) is 1. The van der Waals surface area contributed by atoms with Crippen LogP contribution in [0, 0.1) is 5.92 Å². The van der Waals surface area contributed by atoms with Gasteiger partial charge in [-0.2, -0.15) is 0 Å². The Labute approximate surface area is 150 Å². The van der Waals surface area contributed by atoms with Gasteiger partial charge in [0, 0.05) is 30.8 Å². The lowest BCUT2D eigenvalue weighted by Gasteiger charge is -2.44. The molecule has 1 N–H and O–H groups in total. The van der Waals surface area contributed by atoms with Gasteiger partial charge in [0.15, 0.2) is 0 Å². The molecule has 1 saturated heterocycles. The van der Waals surface area contributed by atoms with Crippen LogP contribution >= 0.6 is 0 Å². The van der Waals surface area contributed by atoms with E-state index in [1.54, 1.807) is 14.2 Å². The minimum atomic E-state index is 0.240. The molecule has 2 fully saturated rings. The molecular weight excluding hydrogens is 316 g/mol. The summed E-state index contributed by atoms with van der Waals surface area (Å²) in [6.07, 6.45) is 7.53. The smallest absolute Gasteiger partial charge is 0.236 e. The van der Waals surface area contributed by atoms with Crippen molar-refractivity contribution in [1.82, 2.24) is 10.2 Å². The first kappa shape index (κ1) is 18.1. The van der Waals surface area contributed by atoms with Crippen LogP contribution in [0.15, 0.2) is 18.2 Å². The zero-order valence-corrected chi connectivity index (χ0v) is 15.4. The van der Waals surface area contributed by atoms with Crippen molar-refractivity contribution in [1.29, 1.82) is 0 Å². The van der Waals surface area contributed by atoms with Gasteiger partial charge in [-0.3, -0.25) is 4.79 Å². The molecular formula is C20H30N2O3. The zero-order valence-electron chi connectivity index (χ0n) is 15.4. The number of amides is 1. The maximum Gasteiger partial charge on any atom is 0.236 e. The SMILES string of the molecule is COc1ccc(CNCC(=O)N2CCCC3CCCC[C@@H]32)c(OC)c1. The molecule has 1 aliphatic heterocycles. The molecule has 2 aliphatic rings. The van der Waals surface area contributed by atoms with Crippen LogP contribution in [0.2, 0.25) is 0 Å². The molecule has 1 aromatic rings. The highest BCUT2D eigenvalue weighted by Crippen LogP contribution is 2.35. The summed E-state index contributed by atoms with van der Waals surface area (Å²) in [5.74, 6) is 2.52. The standard InChI is InChI=1S/C20H30N2O3/c1-24-17-10-9-16(19(12-17)25-2)13-21-14-20(23)22-11-5-7-15-6-3-4-8-18(15)22/h9-10,12,15,18,21H,3-8,11,13-14H2,1-2H3/t15?,18-/m0/s1. The molecule has 1 saturated carbocycles. The van der Waals surface area contributed by atoms with Gasteiger partial charge in [0.05, 0.1) is 20.8 Å². The number of hydrogen-bond donors (Lipinski definition) is 1. The molecule has 0 aromatic heterocycles. The molecule has 5 nitrogen and oxygen atoms in total. The summed E-state index contributed by atoms with van der Waals surface area (Å²) in [4.78, 5) is 14.9. The van der Waals surface area contributed by atoms with Gasteiger partial charge in [-0.15, -0.1) is 0 Å². The number of piperidine rings is 1. The molecule has 1 heterocycles. The van der Waals surface area contributed by atoms with Gasteiger partial charge in [0.1, 0.15) is 11.5 Å². The number of carbonyl (C=O) groups excluding carboxylic acids is 1. The first-order valence-electron chi connectivity index (χ1n) is 9.44. The summed E-state index contributed by atoms with van der Waals surface area (Å²) < 4.78 is 10.6. The molecule has 138 valence electrons. The minimum Gasteiger partial charge on any atom is -0.497 e. The number of fused-ring (bicyclic) bond motifs is 1. The highest BCUT2D eigenvalue weighted by atomic mass is 16.5. The summed E-state index contributed by atoms with van der Waals surface area (Å²) in [6.45, 7) is 1.92. The Morgan fingerprint density at radius 3 is 2.76 bits per heavy atom. The average Bonchev–Trinajstić information content (AvgIpc) is 2.67. The number of rotatable bonds is 6. The number of hydrogen-bond acceptors (Lipinski definition) is 4. The van der Waals surface area contributed by atoms with Crippen molar-refractivity contribution < 1.29 is 14.3 Å². The predicted molar refractivity (Wildman–Crippen MR) is 97.9 cm³/mol. The third-order valence-corrected chi connectivity index (χ3v) is 5.65. The van der Waals surface area contributed by atoms with E-state index in [0.717, 1.165) is 35.9 Å². The third-order valence-electron chi connectivity index (χ3n) is 5.65. The molecule has 25 heavy (non-hydrogen) atoms.